The summed E-state index contributed by atoms with van der Waals surface area (Å²) in [6, 6.07) is 0. The van der Waals surface area contributed by atoms with Gasteiger partial charge in [-0.25, -0.2) is 0 Å². The molecule has 0 amide bonds. The van der Waals surface area contributed by atoms with Crippen LogP contribution >= 0.6 is 22.6 Å². The first-order chi connectivity index (χ1) is 6.66. The Morgan fingerprint density at radius 3 is 2.57 bits per heavy atom. The zero-order chi connectivity index (χ0) is 10.6. The van der Waals surface area contributed by atoms with Crippen LogP contribution in [-0.2, 0) is 11.3 Å². The van der Waals surface area contributed by atoms with E-state index in [1.54, 1.807) is 7.11 Å². The molecular weight excluding hydrogens is 291 g/mol. The van der Waals surface area contributed by atoms with Gasteiger partial charge in [0, 0.05) is 26.0 Å². The highest BCUT2D eigenvalue weighted by atomic mass is 127. The van der Waals surface area contributed by atoms with Crippen LogP contribution in [-0.4, -0.2) is 23.5 Å². The van der Waals surface area contributed by atoms with Crippen LogP contribution in [0.15, 0.2) is 0 Å². The molecule has 0 fully saturated rings. The lowest BCUT2D eigenvalue weighted by molar-refractivity contribution is 0.191. The lowest BCUT2D eigenvalue weighted by atomic mass is 10.3. The van der Waals surface area contributed by atoms with Crippen LogP contribution in [0.2, 0.25) is 0 Å². The number of methoxy groups -OCH3 is 1. The molecule has 0 spiro atoms. The summed E-state index contributed by atoms with van der Waals surface area (Å²) in [4.78, 5) is 0. The average molecular weight is 308 g/mol. The lowest BCUT2D eigenvalue weighted by Gasteiger charge is -2.03. The molecule has 14 heavy (non-hydrogen) atoms. The molecule has 0 aliphatic heterocycles. The van der Waals surface area contributed by atoms with Crippen molar-refractivity contribution in [2.75, 3.05) is 13.7 Å². The van der Waals surface area contributed by atoms with E-state index in [4.69, 9.17) is 4.74 Å². The second kappa shape index (κ2) is 5.70. The molecule has 4 heteroatoms. The quantitative estimate of drug-likeness (QED) is 0.617. The molecule has 1 aromatic rings. The molecule has 0 radical (unpaired) electrons. The number of unbranched alkanes of at least 4 members (excludes halogenated alkanes) is 1. The smallest absolute Gasteiger partial charge is 0.0729 e. The fourth-order valence-corrected chi connectivity index (χ4v) is 1.79. The first-order valence-corrected chi connectivity index (χ1v) is 5.93. The molecule has 1 rings (SSSR count). The molecular formula is C10H17IN2O. The number of hydrogen-bond acceptors (Lipinski definition) is 2. The van der Waals surface area contributed by atoms with Crippen LogP contribution in [0.4, 0.5) is 0 Å². The third-order valence-corrected chi connectivity index (χ3v) is 3.82. The van der Waals surface area contributed by atoms with E-state index in [0.717, 1.165) is 31.7 Å². The monoisotopic (exact) mass is 308 g/mol. The Hall–Kier alpha value is -0.100. The molecule has 0 N–H and O–H groups in total. The van der Waals surface area contributed by atoms with E-state index in [9.17, 15) is 0 Å². The molecule has 3 nitrogen and oxygen atoms in total. The normalized spacial score (nSPS) is 10.9. The molecule has 0 atom stereocenters. The van der Waals surface area contributed by atoms with Gasteiger partial charge < -0.3 is 4.74 Å². The summed E-state index contributed by atoms with van der Waals surface area (Å²) >= 11 is 2.35. The number of rotatable bonds is 5. The van der Waals surface area contributed by atoms with Crippen LogP contribution < -0.4 is 0 Å². The summed E-state index contributed by atoms with van der Waals surface area (Å²) < 4.78 is 8.38. The SMILES string of the molecule is COCCCCn1nc(C)c(I)c1C. The van der Waals surface area contributed by atoms with Crippen molar-refractivity contribution in [3.63, 3.8) is 0 Å². The minimum absolute atomic E-state index is 0.844. The lowest BCUT2D eigenvalue weighted by Crippen LogP contribution is -2.03. The van der Waals surface area contributed by atoms with E-state index < -0.39 is 0 Å². The summed E-state index contributed by atoms with van der Waals surface area (Å²) in [5, 5.41) is 4.48. The highest BCUT2D eigenvalue weighted by Gasteiger charge is 2.07. The van der Waals surface area contributed by atoms with E-state index in [1.165, 1.54) is 9.26 Å². The standard InChI is InChI=1S/C10H17IN2O/c1-8-10(11)9(2)13(12-8)6-4-5-7-14-3/h4-7H2,1-3H3. The Kier molecular flexibility index (Phi) is 4.88. The van der Waals surface area contributed by atoms with Gasteiger partial charge in [-0.1, -0.05) is 0 Å². The van der Waals surface area contributed by atoms with Gasteiger partial charge in [0.15, 0.2) is 0 Å². The number of halogens is 1. The Morgan fingerprint density at radius 2 is 2.07 bits per heavy atom. The van der Waals surface area contributed by atoms with Crippen molar-refractivity contribution in [1.82, 2.24) is 9.78 Å². The minimum atomic E-state index is 0.844. The van der Waals surface area contributed by atoms with Crippen molar-refractivity contribution < 1.29 is 4.74 Å². The molecule has 0 aliphatic rings. The van der Waals surface area contributed by atoms with Gasteiger partial charge in [0.2, 0.25) is 0 Å². The van der Waals surface area contributed by atoms with Gasteiger partial charge in [0.1, 0.15) is 0 Å². The second-order valence-electron chi connectivity index (χ2n) is 3.41. The number of aromatic nitrogens is 2. The van der Waals surface area contributed by atoms with Gasteiger partial charge in [0.25, 0.3) is 0 Å². The van der Waals surface area contributed by atoms with Crippen molar-refractivity contribution in [1.29, 1.82) is 0 Å². The molecule has 0 bridgehead atoms. The van der Waals surface area contributed by atoms with Crippen molar-refractivity contribution >= 4 is 22.6 Å². The zero-order valence-corrected chi connectivity index (χ0v) is 11.2. The Balaban J connectivity index is 2.47. The first-order valence-electron chi connectivity index (χ1n) is 4.85. The second-order valence-corrected chi connectivity index (χ2v) is 4.49. The molecule has 0 aromatic carbocycles. The highest BCUT2D eigenvalue weighted by Crippen LogP contribution is 2.15. The van der Waals surface area contributed by atoms with Gasteiger partial charge in [0.05, 0.1) is 9.26 Å². The molecule has 0 saturated heterocycles. The summed E-state index contributed by atoms with van der Waals surface area (Å²) in [7, 11) is 1.74. The predicted octanol–water partition coefficient (Wildman–Crippen LogP) is 2.53. The van der Waals surface area contributed by atoms with Crippen molar-refractivity contribution in [3.8, 4) is 0 Å². The largest absolute Gasteiger partial charge is 0.385 e. The topological polar surface area (TPSA) is 27.1 Å². The van der Waals surface area contributed by atoms with Crippen molar-refractivity contribution in [2.45, 2.75) is 33.2 Å². The van der Waals surface area contributed by atoms with Crippen LogP contribution in [0.3, 0.4) is 0 Å². The van der Waals surface area contributed by atoms with Gasteiger partial charge in [-0.05, 0) is 49.3 Å². The van der Waals surface area contributed by atoms with Crippen molar-refractivity contribution in [3.05, 3.63) is 15.0 Å². The molecule has 0 saturated carbocycles. The molecule has 80 valence electrons. The summed E-state index contributed by atoms with van der Waals surface area (Å²) in [5.41, 5.74) is 2.41. The Labute approximate surface area is 99.0 Å². The highest BCUT2D eigenvalue weighted by molar-refractivity contribution is 14.1. The zero-order valence-electron chi connectivity index (χ0n) is 9.01. The Morgan fingerprint density at radius 1 is 1.36 bits per heavy atom. The van der Waals surface area contributed by atoms with E-state index >= 15 is 0 Å². The van der Waals surface area contributed by atoms with E-state index in [1.807, 2.05) is 0 Å². The van der Waals surface area contributed by atoms with Gasteiger partial charge in [-0.2, -0.15) is 5.10 Å². The fourth-order valence-electron chi connectivity index (χ4n) is 1.40. The van der Waals surface area contributed by atoms with Gasteiger partial charge >= 0.3 is 0 Å². The maximum Gasteiger partial charge on any atom is 0.0729 e. The average Bonchev–Trinajstić information content (AvgIpc) is 2.41. The van der Waals surface area contributed by atoms with Crippen LogP contribution in [0, 0.1) is 17.4 Å². The maximum atomic E-state index is 5.01. The number of nitrogens with zero attached hydrogens (tertiary/aromatic N) is 2. The molecule has 1 aromatic heterocycles. The number of aryl methyl sites for hydroxylation is 2. The van der Waals surface area contributed by atoms with Crippen LogP contribution in [0.1, 0.15) is 24.2 Å². The third kappa shape index (κ3) is 2.95. The van der Waals surface area contributed by atoms with Gasteiger partial charge in [-0.15, -0.1) is 0 Å². The fraction of sp³-hybridized carbons (Fsp3) is 0.700. The van der Waals surface area contributed by atoms with Crippen LogP contribution in [0.5, 0.6) is 0 Å². The molecule has 1 heterocycles. The number of ether oxygens (including phenoxy) is 1. The van der Waals surface area contributed by atoms with Crippen molar-refractivity contribution in [2.24, 2.45) is 0 Å². The molecule has 0 aliphatic carbocycles. The maximum absolute atomic E-state index is 5.01. The van der Waals surface area contributed by atoms with E-state index in [0.29, 0.717) is 0 Å². The molecule has 0 unspecified atom stereocenters. The van der Waals surface area contributed by atoms with E-state index in [2.05, 4.69) is 46.2 Å². The summed E-state index contributed by atoms with van der Waals surface area (Å²) in [5.74, 6) is 0. The predicted molar refractivity (Wildman–Crippen MR) is 65.5 cm³/mol. The summed E-state index contributed by atoms with van der Waals surface area (Å²) in [6.45, 7) is 6.02. The summed E-state index contributed by atoms with van der Waals surface area (Å²) in [6.07, 6.45) is 2.23. The minimum Gasteiger partial charge on any atom is -0.385 e. The number of hydrogen-bond donors (Lipinski definition) is 0. The van der Waals surface area contributed by atoms with E-state index in [-0.39, 0.29) is 0 Å². The van der Waals surface area contributed by atoms with Crippen LogP contribution in [0.25, 0.3) is 0 Å². The Bertz CT molecular complexity index is 297. The van der Waals surface area contributed by atoms with Gasteiger partial charge in [-0.3, -0.25) is 4.68 Å². The third-order valence-electron chi connectivity index (χ3n) is 2.26. The first kappa shape index (κ1) is 12.0.